The van der Waals surface area contributed by atoms with Gasteiger partial charge < -0.3 is 14.7 Å². The van der Waals surface area contributed by atoms with Crippen molar-refractivity contribution in [3.63, 3.8) is 0 Å². The number of carbonyl (C=O) groups excluding carboxylic acids is 2. The molecule has 32 heavy (non-hydrogen) atoms. The average molecular weight is 454 g/mol. The number of ketones is 1. The van der Waals surface area contributed by atoms with Crippen molar-refractivity contribution in [2.24, 2.45) is 0 Å². The second-order valence-electron chi connectivity index (χ2n) is 8.92. The van der Waals surface area contributed by atoms with E-state index in [0.29, 0.717) is 25.1 Å². The van der Waals surface area contributed by atoms with Gasteiger partial charge in [0.15, 0.2) is 0 Å². The van der Waals surface area contributed by atoms with E-state index in [-0.39, 0.29) is 17.4 Å². The third kappa shape index (κ3) is 4.39. The standard InChI is InChI=1S/C26H31NO4S/c1-16(2)31-13-6-12-27-22(25-17(3)11-14-32-25)21(24(29)26(27)30)23(28)20-10-9-18-7-4-5-8-19(18)15-20/h9-11,14-16,22,28H,4-8,12-13H2,1-3H3/b23-21-. The second kappa shape index (κ2) is 9.59. The van der Waals surface area contributed by atoms with Crippen molar-refractivity contribution in [3.8, 4) is 0 Å². The van der Waals surface area contributed by atoms with Crippen LogP contribution in [-0.4, -0.2) is 41.0 Å². The number of amides is 1. The molecule has 0 spiro atoms. The maximum Gasteiger partial charge on any atom is 0.295 e. The van der Waals surface area contributed by atoms with E-state index in [1.165, 1.54) is 28.9 Å². The molecule has 1 amide bonds. The van der Waals surface area contributed by atoms with Gasteiger partial charge in [0, 0.05) is 23.6 Å². The molecule has 4 rings (SSSR count). The van der Waals surface area contributed by atoms with Crippen LogP contribution in [0.15, 0.2) is 35.2 Å². The van der Waals surface area contributed by atoms with Gasteiger partial charge in [-0.1, -0.05) is 12.1 Å². The van der Waals surface area contributed by atoms with Gasteiger partial charge in [-0.3, -0.25) is 9.59 Å². The van der Waals surface area contributed by atoms with Crippen LogP contribution in [-0.2, 0) is 27.2 Å². The lowest BCUT2D eigenvalue weighted by Gasteiger charge is -2.25. The van der Waals surface area contributed by atoms with Crippen LogP contribution in [0.25, 0.3) is 5.76 Å². The molecule has 2 aliphatic rings. The van der Waals surface area contributed by atoms with Crippen molar-refractivity contribution in [2.45, 2.75) is 65.0 Å². The van der Waals surface area contributed by atoms with Crippen LogP contribution >= 0.6 is 11.3 Å². The topological polar surface area (TPSA) is 66.8 Å². The molecule has 1 aromatic heterocycles. The SMILES string of the molecule is Cc1ccsc1C1/C(=C(/O)c2ccc3c(c2)CCCC3)C(=O)C(=O)N1CCCOC(C)C. The van der Waals surface area contributed by atoms with Crippen molar-refractivity contribution in [2.75, 3.05) is 13.2 Å². The molecule has 1 aromatic carbocycles. The minimum atomic E-state index is -0.609. The van der Waals surface area contributed by atoms with E-state index >= 15 is 0 Å². The molecule has 1 fully saturated rings. The Morgan fingerprint density at radius 1 is 1.19 bits per heavy atom. The number of aliphatic hydroxyl groups is 1. The quantitative estimate of drug-likeness (QED) is 0.272. The molecular formula is C26H31NO4S. The Morgan fingerprint density at radius 2 is 1.94 bits per heavy atom. The Hall–Kier alpha value is -2.44. The van der Waals surface area contributed by atoms with Crippen LogP contribution in [0.2, 0.25) is 0 Å². The first-order valence-corrected chi connectivity index (χ1v) is 12.3. The van der Waals surface area contributed by atoms with Gasteiger partial charge in [-0.15, -0.1) is 11.3 Å². The Bertz CT molecular complexity index is 1050. The van der Waals surface area contributed by atoms with Crippen molar-refractivity contribution in [3.05, 3.63) is 62.3 Å². The van der Waals surface area contributed by atoms with E-state index in [0.717, 1.165) is 29.7 Å². The zero-order valence-corrected chi connectivity index (χ0v) is 19.8. The number of ether oxygens (including phenoxy) is 1. The van der Waals surface area contributed by atoms with Crippen LogP contribution in [0, 0.1) is 6.92 Å². The Balaban J connectivity index is 1.72. The van der Waals surface area contributed by atoms with Crippen molar-refractivity contribution in [1.82, 2.24) is 4.90 Å². The number of likely N-dealkylation sites (tertiary alicyclic amines) is 1. The van der Waals surface area contributed by atoms with Gasteiger partial charge in [-0.05, 0) is 87.1 Å². The van der Waals surface area contributed by atoms with Gasteiger partial charge in [0.05, 0.1) is 17.7 Å². The predicted octanol–water partition coefficient (Wildman–Crippen LogP) is 5.17. The maximum atomic E-state index is 13.1. The van der Waals surface area contributed by atoms with Gasteiger partial charge in [-0.2, -0.15) is 0 Å². The molecule has 2 heterocycles. The Kier molecular flexibility index (Phi) is 6.82. The summed E-state index contributed by atoms with van der Waals surface area (Å²) < 4.78 is 5.63. The van der Waals surface area contributed by atoms with Crippen molar-refractivity contribution in [1.29, 1.82) is 0 Å². The molecule has 1 saturated heterocycles. The number of aliphatic hydroxyl groups excluding tert-OH is 1. The molecule has 1 aliphatic carbocycles. The molecule has 0 radical (unpaired) electrons. The van der Waals surface area contributed by atoms with Gasteiger partial charge in [0.25, 0.3) is 11.7 Å². The van der Waals surface area contributed by atoms with Crippen LogP contribution < -0.4 is 0 Å². The number of aryl methyl sites for hydroxylation is 3. The molecule has 1 unspecified atom stereocenters. The van der Waals surface area contributed by atoms with E-state index in [1.54, 1.807) is 4.90 Å². The van der Waals surface area contributed by atoms with E-state index < -0.39 is 17.7 Å². The first kappa shape index (κ1) is 22.7. The lowest BCUT2D eigenvalue weighted by molar-refractivity contribution is -0.140. The highest BCUT2D eigenvalue weighted by Gasteiger charge is 2.46. The number of thiophene rings is 1. The highest BCUT2D eigenvalue weighted by Crippen LogP contribution is 2.42. The number of carbonyl (C=O) groups is 2. The predicted molar refractivity (Wildman–Crippen MR) is 127 cm³/mol. The first-order chi connectivity index (χ1) is 15.4. The summed E-state index contributed by atoms with van der Waals surface area (Å²) in [4.78, 5) is 28.7. The summed E-state index contributed by atoms with van der Waals surface area (Å²) in [6.07, 6.45) is 5.09. The van der Waals surface area contributed by atoms with Gasteiger partial charge in [-0.25, -0.2) is 0 Å². The summed E-state index contributed by atoms with van der Waals surface area (Å²) in [6, 6.07) is 7.34. The summed E-state index contributed by atoms with van der Waals surface area (Å²) in [5.74, 6) is -1.23. The highest BCUT2D eigenvalue weighted by molar-refractivity contribution is 7.10. The smallest absolute Gasteiger partial charge is 0.295 e. The third-order valence-electron chi connectivity index (χ3n) is 6.31. The molecule has 6 heteroatoms. The molecule has 1 atom stereocenters. The normalized spacial score (nSPS) is 20.2. The van der Waals surface area contributed by atoms with Crippen molar-refractivity contribution < 1.29 is 19.4 Å². The largest absolute Gasteiger partial charge is 0.507 e. The molecule has 5 nitrogen and oxygen atoms in total. The Labute approximate surface area is 193 Å². The fourth-order valence-electron chi connectivity index (χ4n) is 4.64. The molecular weight excluding hydrogens is 422 g/mol. The van der Waals surface area contributed by atoms with Crippen LogP contribution in [0.4, 0.5) is 0 Å². The summed E-state index contributed by atoms with van der Waals surface area (Å²) >= 11 is 1.52. The number of Topliss-reactive ketones (excluding diaryl/α,β-unsaturated/α-hetero) is 1. The first-order valence-electron chi connectivity index (χ1n) is 11.4. The zero-order chi connectivity index (χ0) is 22.8. The van der Waals surface area contributed by atoms with E-state index in [2.05, 4.69) is 0 Å². The van der Waals surface area contributed by atoms with Gasteiger partial charge >= 0.3 is 0 Å². The summed E-state index contributed by atoms with van der Waals surface area (Å²) in [6.45, 7) is 6.84. The number of hydrogen-bond acceptors (Lipinski definition) is 5. The lowest BCUT2D eigenvalue weighted by Crippen LogP contribution is -2.31. The summed E-state index contributed by atoms with van der Waals surface area (Å²) in [7, 11) is 0. The number of benzene rings is 1. The van der Waals surface area contributed by atoms with Crippen LogP contribution in [0.3, 0.4) is 0 Å². The van der Waals surface area contributed by atoms with E-state index in [9.17, 15) is 14.7 Å². The molecule has 1 aliphatic heterocycles. The fraction of sp³-hybridized carbons (Fsp3) is 0.462. The van der Waals surface area contributed by atoms with E-state index in [1.807, 2.05) is 50.4 Å². The monoisotopic (exact) mass is 453 g/mol. The zero-order valence-electron chi connectivity index (χ0n) is 19.0. The molecule has 1 N–H and O–H groups in total. The second-order valence-corrected chi connectivity index (χ2v) is 9.87. The lowest BCUT2D eigenvalue weighted by atomic mass is 9.89. The molecule has 0 bridgehead atoms. The minimum Gasteiger partial charge on any atom is -0.507 e. The van der Waals surface area contributed by atoms with Crippen molar-refractivity contribution >= 4 is 28.8 Å². The highest BCUT2D eigenvalue weighted by atomic mass is 32.1. The minimum absolute atomic E-state index is 0.0737. The number of nitrogens with zero attached hydrogens (tertiary/aromatic N) is 1. The summed E-state index contributed by atoms with van der Waals surface area (Å²) in [5.41, 5.74) is 4.36. The molecule has 0 saturated carbocycles. The van der Waals surface area contributed by atoms with Crippen LogP contribution in [0.5, 0.6) is 0 Å². The number of rotatable bonds is 7. The third-order valence-corrected chi connectivity index (χ3v) is 7.38. The van der Waals surface area contributed by atoms with Gasteiger partial charge in [0.1, 0.15) is 5.76 Å². The molecule has 2 aromatic rings. The number of hydrogen-bond donors (Lipinski definition) is 1. The van der Waals surface area contributed by atoms with Gasteiger partial charge in [0.2, 0.25) is 0 Å². The number of fused-ring (bicyclic) bond motifs is 1. The fourth-order valence-corrected chi connectivity index (χ4v) is 5.68. The molecule has 170 valence electrons. The Morgan fingerprint density at radius 3 is 2.62 bits per heavy atom. The summed E-state index contributed by atoms with van der Waals surface area (Å²) in [5, 5.41) is 13.3. The maximum absolute atomic E-state index is 13.1. The average Bonchev–Trinajstić information content (AvgIpc) is 3.31. The van der Waals surface area contributed by atoms with E-state index in [4.69, 9.17) is 4.74 Å². The van der Waals surface area contributed by atoms with Crippen LogP contribution in [0.1, 0.15) is 66.3 Å².